The number of nitrogens with zero attached hydrogens (tertiary/aromatic N) is 1. The van der Waals surface area contributed by atoms with Gasteiger partial charge in [-0.3, -0.25) is 9.00 Å². The molecule has 1 heterocycles. The Morgan fingerprint density at radius 1 is 1.22 bits per heavy atom. The van der Waals surface area contributed by atoms with Crippen molar-refractivity contribution in [2.24, 2.45) is 0 Å². The van der Waals surface area contributed by atoms with E-state index in [0.29, 0.717) is 25.3 Å². The summed E-state index contributed by atoms with van der Waals surface area (Å²) in [6, 6.07) is 10.7. The van der Waals surface area contributed by atoms with E-state index in [9.17, 15) is 17.8 Å². The van der Waals surface area contributed by atoms with Gasteiger partial charge in [-0.2, -0.15) is 0 Å². The fraction of sp³-hybridized carbons (Fsp3) is 0.350. The number of hydrogen-bond donors (Lipinski definition) is 0. The molecule has 3 rings (SSSR count). The van der Waals surface area contributed by atoms with Gasteiger partial charge in [0.1, 0.15) is 23.5 Å². The predicted octanol–water partition coefficient (Wildman–Crippen LogP) is 3.12. The average molecular weight is 393 g/mol. The van der Waals surface area contributed by atoms with E-state index < -0.39 is 16.6 Å². The molecule has 27 heavy (non-hydrogen) atoms. The predicted molar refractivity (Wildman–Crippen MR) is 99.5 cm³/mol. The van der Waals surface area contributed by atoms with Crippen LogP contribution in [-0.4, -0.2) is 40.5 Å². The fourth-order valence-corrected chi connectivity index (χ4v) is 4.12. The van der Waals surface area contributed by atoms with Gasteiger partial charge in [0.2, 0.25) is 5.91 Å². The van der Waals surface area contributed by atoms with E-state index in [-0.39, 0.29) is 29.3 Å². The number of halogens is 2. The summed E-state index contributed by atoms with van der Waals surface area (Å²) in [5.74, 6) is -1.15. The van der Waals surface area contributed by atoms with E-state index in [1.807, 2.05) is 0 Å². The first-order valence-electron chi connectivity index (χ1n) is 8.67. The fourth-order valence-electron chi connectivity index (χ4n) is 2.98. The monoisotopic (exact) mass is 393 g/mol. The summed E-state index contributed by atoms with van der Waals surface area (Å²) in [5.41, 5.74) is 1.92. The number of hydrogen-bond acceptors (Lipinski definition) is 3. The van der Waals surface area contributed by atoms with Crippen molar-refractivity contribution in [3.05, 3.63) is 70.8 Å². The van der Waals surface area contributed by atoms with Gasteiger partial charge in [-0.25, -0.2) is 8.78 Å². The van der Waals surface area contributed by atoms with Crippen LogP contribution in [0, 0.1) is 18.6 Å². The lowest BCUT2D eigenvalue weighted by Gasteiger charge is -2.33. The van der Waals surface area contributed by atoms with Crippen LogP contribution in [-0.2, 0) is 26.1 Å². The number of aryl methyl sites for hydroxylation is 1. The molecule has 2 aromatic carbocycles. The molecule has 0 saturated carbocycles. The van der Waals surface area contributed by atoms with Crippen molar-refractivity contribution in [3.8, 4) is 0 Å². The van der Waals surface area contributed by atoms with Crippen LogP contribution in [0.3, 0.4) is 0 Å². The van der Waals surface area contributed by atoms with E-state index in [1.165, 1.54) is 18.2 Å². The minimum absolute atomic E-state index is 0.00356. The second kappa shape index (κ2) is 8.71. The maximum Gasteiger partial charge on any atom is 0.235 e. The zero-order valence-electron chi connectivity index (χ0n) is 15.0. The lowest BCUT2D eigenvalue weighted by atomic mass is 10.1. The SMILES string of the molecule is Cc1ccc(CS(=O)CC(=O)N2CCOC(c3ccc(F)cc3)C2)c(F)c1. The van der Waals surface area contributed by atoms with Gasteiger partial charge in [0.25, 0.3) is 0 Å². The topological polar surface area (TPSA) is 46.6 Å². The number of ether oxygens (including phenoxy) is 1. The first-order chi connectivity index (χ1) is 12.9. The van der Waals surface area contributed by atoms with Crippen molar-refractivity contribution in [3.63, 3.8) is 0 Å². The van der Waals surface area contributed by atoms with Crippen molar-refractivity contribution >= 4 is 16.7 Å². The van der Waals surface area contributed by atoms with Gasteiger partial charge in [-0.15, -0.1) is 0 Å². The summed E-state index contributed by atoms with van der Waals surface area (Å²) in [6.45, 7) is 2.86. The third-order valence-corrected chi connectivity index (χ3v) is 5.67. The molecule has 4 nitrogen and oxygen atoms in total. The largest absolute Gasteiger partial charge is 0.370 e. The van der Waals surface area contributed by atoms with Crippen LogP contribution in [0.25, 0.3) is 0 Å². The molecule has 0 N–H and O–H groups in total. The van der Waals surface area contributed by atoms with Gasteiger partial charge in [0.15, 0.2) is 0 Å². The Morgan fingerprint density at radius 2 is 1.96 bits per heavy atom. The van der Waals surface area contributed by atoms with E-state index in [4.69, 9.17) is 4.74 Å². The normalized spacial score (nSPS) is 18.3. The molecule has 0 aliphatic carbocycles. The zero-order chi connectivity index (χ0) is 19.4. The molecule has 0 spiro atoms. The van der Waals surface area contributed by atoms with Crippen molar-refractivity contribution in [2.45, 2.75) is 18.8 Å². The third kappa shape index (κ3) is 5.20. The van der Waals surface area contributed by atoms with E-state index in [2.05, 4.69) is 0 Å². The average Bonchev–Trinajstić information content (AvgIpc) is 2.65. The third-order valence-electron chi connectivity index (χ3n) is 4.47. The molecule has 1 saturated heterocycles. The van der Waals surface area contributed by atoms with Crippen LogP contribution in [0.15, 0.2) is 42.5 Å². The Bertz CT molecular complexity index is 842. The van der Waals surface area contributed by atoms with Gasteiger partial charge in [-0.05, 0) is 36.2 Å². The Hall–Kier alpha value is -2.12. The summed E-state index contributed by atoms with van der Waals surface area (Å²) in [5, 5.41) is 0. The van der Waals surface area contributed by atoms with Crippen LogP contribution in [0.1, 0.15) is 22.8 Å². The van der Waals surface area contributed by atoms with Gasteiger partial charge >= 0.3 is 0 Å². The quantitative estimate of drug-likeness (QED) is 0.784. The van der Waals surface area contributed by atoms with Gasteiger partial charge in [0, 0.05) is 22.9 Å². The number of rotatable bonds is 5. The van der Waals surface area contributed by atoms with Crippen molar-refractivity contribution in [1.29, 1.82) is 0 Å². The molecule has 7 heteroatoms. The molecule has 0 bridgehead atoms. The summed E-state index contributed by atoms with van der Waals surface area (Å²) in [4.78, 5) is 14.1. The molecular weight excluding hydrogens is 372 g/mol. The van der Waals surface area contributed by atoms with Crippen molar-refractivity contribution in [2.75, 3.05) is 25.4 Å². The van der Waals surface area contributed by atoms with Crippen LogP contribution in [0.2, 0.25) is 0 Å². The lowest BCUT2D eigenvalue weighted by Crippen LogP contribution is -2.44. The Balaban J connectivity index is 1.58. The zero-order valence-corrected chi connectivity index (χ0v) is 15.8. The highest BCUT2D eigenvalue weighted by Gasteiger charge is 2.26. The second-order valence-corrected chi connectivity index (χ2v) is 8.03. The van der Waals surface area contributed by atoms with Gasteiger partial charge in [0.05, 0.1) is 18.9 Å². The van der Waals surface area contributed by atoms with E-state index in [1.54, 1.807) is 36.1 Å². The number of carbonyl (C=O) groups excluding carboxylic acids is 1. The number of morpholine rings is 1. The highest BCUT2D eigenvalue weighted by atomic mass is 32.2. The van der Waals surface area contributed by atoms with Crippen molar-refractivity contribution in [1.82, 2.24) is 4.90 Å². The smallest absolute Gasteiger partial charge is 0.235 e. The van der Waals surface area contributed by atoms with Crippen LogP contribution in [0.5, 0.6) is 0 Å². The molecular formula is C20H21F2NO3S. The molecule has 144 valence electrons. The number of amides is 1. The van der Waals surface area contributed by atoms with E-state index >= 15 is 0 Å². The number of carbonyl (C=O) groups is 1. The molecule has 1 fully saturated rings. The summed E-state index contributed by atoms with van der Waals surface area (Å²) in [7, 11) is -1.50. The first kappa shape index (κ1) is 19.6. The lowest BCUT2D eigenvalue weighted by molar-refractivity contribution is -0.136. The van der Waals surface area contributed by atoms with Crippen LogP contribution < -0.4 is 0 Å². The minimum Gasteiger partial charge on any atom is -0.370 e. The summed E-state index contributed by atoms with van der Waals surface area (Å²) < 4.78 is 44.9. The highest BCUT2D eigenvalue weighted by molar-refractivity contribution is 7.84. The number of benzene rings is 2. The second-order valence-electron chi connectivity index (χ2n) is 6.57. The van der Waals surface area contributed by atoms with Gasteiger partial charge < -0.3 is 9.64 Å². The molecule has 1 aliphatic heterocycles. The van der Waals surface area contributed by atoms with Gasteiger partial charge in [-0.1, -0.05) is 24.3 Å². The standard InChI is InChI=1S/C20H21F2NO3S/c1-14-2-3-16(18(22)10-14)12-27(25)13-20(24)23-8-9-26-19(11-23)15-4-6-17(21)7-5-15/h2-7,10,19H,8-9,11-13H2,1H3. The summed E-state index contributed by atoms with van der Waals surface area (Å²) >= 11 is 0. The minimum atomic E-state index is -1.50. The molecule has 0 aromatic heterocycles. The summed E-state index contributed by atoms with van der Waals surface area (Å²) in [6.07, 6.45) is -0.341. The maximum absolute atomic E-state index is 13.9. The maximum atomic E-state index is 13.9. The Morgan fingerprint density at radius 3 is 2.67 bits per heavy atom. The molecule has 2 atom stereocenters. The van der Waals surface area contributed by atoms with Crippen molar-refractivity contribution < 1.29 is 22.5 Å². The highest BCUT2D eigenvalue weighted by Crippen LogP contribution is 2.23. The molecule has 0 radical (unpaired) electrons. The van der Waals surface area contributed by atoms with Crippen LogP contribution in [0.4, 0.5) is 8.78 Å². The van der Waals surface area contributed by atoms with Crippen LogP contribution >= 0.6 is 0 Å². The molecule has 1 amide bonds. The van der Waals surface area contributed by atoms with E-state index in [0.717, 1.165) is 11.1 Å². The Kier molecular flexibility index (Phi) is 6.34. The first-order valence-corrected chi connectivity index (χ1v) is 10.2. The molecule has 2 aromatic rings. The molecule has 2 unspecified atom stereocenters. The molecule has 1 aliphatic rings. The Labute approximate surface area is 159 Å².